The van der Waals surface area contributed by atoms with Gasteiger partial charge in [0.2, 0.25) is 0 Å². The van der Waals surface area contributed by atoms with Crippen LogP contribution in [0.3, 0.4) is 0 Å². The summed E-state index contributed by atoms with van der Waals surface area (Å²) in [5, 5.41) is 9.41. The molecule has 2 rings (SSSR count). The lowest BCUT2D eigenvalue weighted by atomic mass is 10.1. The number of halogens is 1. The zero-order valence-corrected chi connectivity index (χ0v) is 11.4. The number of aliphatic carboxylic acids is 1. The highest BCUT2D eigenvalue weighted by molar-refractivity contribution is 6.33. The van der Waals surface area contributed by atoms with E-state index in [1.165, 1.54) is 7.11 Å². The van der Waals surface area contributed by atoms with Crippen molar-refractivity contribution in [3.8, 4) is 5.75 Å². The standard InChI is InChI=1S/C13H16ClNO4/c1-18-12-8-11(15-2-4-19-5-3-15)10(14)6-9(12)7-13(16)17/h6,8H,2-5,7H2,1H3,(H,16,17). The summed E-state index contributed by atoms with van der Waals surface area (Å²) in [5.74, 6) is -0.359. The van der Waals surface area contributed by atoms with Crippen molar-refractivity contribution in [1.82, 2.24) is 0 Å². The molecule has 6 heteroatoms. The van der Waals surface area contributed by atoms with E-state index >= 15 is 0 Å². The number of ether oxygens (including phenoxy) is 2. The van der Waals surface area contributed by atoms with Crippen LogP contribution >= 0.6 is 11.6 Å². The maximum absolute atomic E-state index is 10.8. The van der Waals surface area contributed by atoms with Gasteiger partial charge in [0.1, 0.15) is 5.75 Å². The van der Waals surface area contributed by atoms with Gasteiger partial charge in [0.05, 0.1) is 37.5 Å². The monoisotopic (exact) mass is 285 g/mol. The Morgan fingerprint density at radius 1 is 1.47 bits per heavy atom. The first kappa shape index (κ1) is 14.0. The number of hydrogen-bond acceptors (Lipinski definition) is 4. The van der Waals surface area contributed by atoms with Crippen molar-refractivity contribution >= 4 is 23.3 Å². The van der Waals surface area contributed by atoms with Crippen LogP contribution in [0.25, 0.3) is 0 Å². The third kappa shape index (κ3) is 3.30. The van der Waals surface area contributed by atoms with Crippen LogP contribution in [0, 0.1) is 0 Å². The van der Waals surface area contributed by atoms with Crippen LogP contribution < -0.4 is 9.64 Å². The third-order valence-corrected chi connectivity index (χ3v) is 3.35. The molecule has 1 N–H and O–H groups in total. The lowest BCUT2D eigenvalue weighted by Gasteiger charge is -2.30. The summed E-state index contributed by atoms with van der Waals surface area (Å²) in [5.41, 5.74) is 1.44. The predicted octanol–water partition coefficient (Wildman–Crippen LogP) is 1.81. The second-order valence-electron chi connectivity index (χ2n) is 4.29. The normalized spacial score (nSPS) is 15.4. The van der Waals surface area contributed by atoms with E-state index in [0.29, 0.717) is 29.5 Å². The van der Waals surface area contributed by atoms with Gasteiger partial charge in [-0.2, -0.15) is 0 Å². The number of anilines is 1. The number of carbonyl (C=O) groups is 1. The van der Waals surface area contributed by atoms with E-state index < -0.39 is 5.97 Å². The van der Waals surface area contributed by atoms with Crippen LogP contribution in [0.4, 0.5) is 5.69 Å². The zero-order valence-electron chi connectivity index (χ0n) is 10.7. The van der Waals surface area contributed by atoms with E-state index in [0.717, 1.165) is 18.8 Å². The Labute approximate surface area is 116 Å². The first-order valence-electron chi connectivity index (χ1n) is 6.02. The first-order valence-corrected chi connectivity index (χ1v) is 6.40. The Hall–Kier alpha value is -1.46. The van der Waals surface area contributed by atoms with Crippen LogP contribution in [0.15, 0.2) is 12.1 Å². The average Bonchev–Trinajstić information content (AvgIpc) is 2.39. The summed E-state index contributed by atoms with van der Waals surface area (Å²) < 4.78 is 10.6. The Kier molecular flexibility index (Phi) is 4.50. The van der Waals surface area contributed by atoms with Gasteiger partial charge in [0, 0.05) is 24.7 Å². The Morgan fingerprint density at radius 2 is 2.16 bits per heavy atom. The summed E-state index contributed by atoms with van der Waals surface area (Å²) in [7, 11) is 1.53. The molecule has 0 atom stereocenters. The van der Waals surface area contributed by atoms with Crippen molar-refractivity contribution in [3.63, 3.8) is 0 Å². The van der Waals surface area contributed by atoms with E-state index in [9.17, 15) is 4.79 Å². The minimum absolute atomic E-state index is 0.105. The predicted molar refractivity (Wildman–Crippen MR) is 72.4 cm³/mol. The van der Waals surface area contributed by atoms with Crippen LogP contribution in [-0.4, -0.2) is 44.5 Å². The lowest BCUT2D eigenvalue weighted by molar-refractivity contribution is -0.136. The average molecular weight is 286 g/mol. The maximum atomic E-state index is 10.8. The number of carboxylic acids is 1. The van der Waals surface area contributed by atoms with Gasteiger partial charge in [-0.15, -0.1) is 0 Å². The molecule has 1 saturated heterocycles. The van der Waals surface area contributed by atoms with E-state index in [-0.39, 0.29) is 6.42 Å². The molecule has 0 aromatic heterocycles. The number of benzene rings is 1. The smallest absolute Gasteiger partial charge is 0.307 e. The fraction of sp³-hybridized carbons (Fsp3) is 0.462. The number of methoxy groups -OCH3 is 1. The maximum Gasteiger partial charge on any atom is 0.307 e. The SMILES string of the molecule is COc1cc(N2CCOCC2)c(Cl)cc1CC(=O)O. The summed E-state index contributed by atoms with van der Waals surface area (Å²) in [6.45, 7) is 2.85. The fourth-order valence-corrected chi connectivity index (χ4v) is 2.43. The van der Waals surface area contributed by atoms with Gasteiger partial charge in [-0.25, -0.2) is 0 Å². The second-order valence-corrected chi connectivity index (χ2v) is 4.69. The molecule has 104 valence electrons. The molecular weight excluding hydrogens is 270 g/mol. The van der Waals surface area contributed by atoms with Crippen molar-refractivity contribution in [1.29, 1.82) is 0 Å². The van der Waals surface area contributed by atoms with E-state index in [1.54, 1.807) is 12.1 Å². The van der Waals surface area contributed by atoms with Gasteiger partial charge in [-0.05, 0) is 6.07 Å². The van der Waals surface area contributed by atoms with Crippen LogP contribution in [-0.2, 0) is 16.0 Å². The highest BCUT2D eigenvalue weighted by Gasteiger charge is 2.18. The van der Waals surface area contributed by atoms with Gasteiger partial charge in [-0.3, -0.25) is 4.79 Å². The molecule has 0 saturated carbocycles. The molecule has 0 amide bonds. The molecule has 0 spiro atoms. The highest BCUT2D eigenvalue weighted by Crippen LogP contribution is 2.34. The molecule has 5 nitrogen and oxygen atoms in total. The molecule has 0 bridgehead atoms. The molecular formula is C13H16ClNO4. The van der Waals surface area contributed by atoms with Gasteiger partial charge in [0.25, 0.3) is 0 Å². The summed E-state index contributed by atoms with van der Waals surface area (Å²) >= 11 is 6.24. The van der Waals surface area contributed by atoms with Gasteiger partial charge < -0.3 is 19.5 Å². The van der Waals surface area contributed by atoms with Crippen molar-refractivity contribution in [2.45, 2.75) is 6.42 Å². The lowest BCUT2D eigenvalue weighted by Crippen LogP contribution is -2.36. The van der Waals surface area contributed by atoms with Crippen molar-refractivity contribution in [3.05, 3.63) is 22.7 Å². The molecule has 1 heterocycles. The third-order valence-electron chi connectivity index (χ3n) is 3.04. The molecule has 1 aromatic carbocycles. The van der Waals surface area contributed by atoms with Crippen molar-refractivity contribution < 1.29 is 19.4 Å². The van der Waals surface area contributed by atoms with Gasteiger partial charge in [0.15, 0.2) is 0 Å². The van der Waals surface area contributed by atoms with Gasteiger partial charge >= 0.3 is 5.97 Å². The van der Waals surface area contributed by atoms with E-state index in [2.05, 4.69) is 4.90 Å². The minimum atomic E-state index is -0.909. The number of hydrogen-bond donors (Lipinski definition) is 1. The van der Waals surface area contributed by atoms with Crippen molar-refractivity contribution in [2.24, 2.45) is 0 Å². The molecule has 19 heavy (non-hydrogen) atoms. The molecule has 1 aliphatic heterocycles. The number of carboxylic acid groups (broad SMARTS) is 1. The topological polar surface area (TPSA) is 59.0 Å². The van der Waals surface area contributed by atoms with Crippen LogP contribution in [0.1, 0.15) is 5.56 Å². The number of nitrogens with zero attached hydrogens (tertiary/aromatic N) is 1. The minimum Gasteiger partial charge on any atom is -0.496 e. The fourth-order valence-electron chi connectivity index (χ4n) is 2.12. The molecule has 1 aliphatic rings. The second kappa shape index (κ2) is 6.12. The zero-order chi connectivity index (χ0) is 13.8. The molecule has 0 aliphatic carbocycles. The molecule has 1 fully saturated rings. The molecule has 0 radical (unpaired) electrons. The summed E-state index contributed by atoms with van der Waals surface area (Å²) in [6.07, 6.45) is -0.105. The van der Waals surface area contributed by atoms with Gasteiger partial charge in [-0.1, -0.05) is 11.6 Å². The Bertz CT molecular complexity index is 472. The number of rotatable bonds is 4. The Balaban J connectivity index is 2.32. The summed E-state index contributed by atoms with van der Waals surface area (Å²) in [6, 6.07) is 3.46. The molecule has 0 unspecified atom stereocenters. The van der Waals surface area contributed by atoms with Crippen LogP contribution in [0.5, 0.6) is 5.75 Å². The summed E-state index contributed by atoms with van der Waals surface area (Å²) in [4.78, 5) is 12.9. The van der Waals surface area contributed by atoms with Crippen LogP contribution in [0.2, 0.25) is 5.02 Å². The molecule has 1 aromatic rings. The number of morpholine rings is 1. The van der Waals surface area contributed by atoms with E-state index in [4.69, 9.17) is 26.2 Å². The first-order chi connectivity index (χ1) is 9.11. The largest absolute Gasteiger partial charge is 0.496 e. The Morgan fingerprint density at radius 3 is 2.74 bits per heavy atom. The van der Waals surface area contributed by atoms with Crippen molar-refractivity contribution in [2.75, 3.05) is 38.3 Å². The quantitative estimate of drug-likeness (QED) is 0.914. The van der Waals surface area contributed by atoms with E-state index in [1.807, 2.05) is 0 Å². The highest BCUT2D eigenvalue weighted by atomic mass is 35.5.